The predicted molar refractivity (Wildman–Crippen MR) is 64.1 cm³/mol. The van der Waals surface area contributed by atoms with E-state index in [1.165, 1.54) is 0 Å². The molecule has 1 atom stereocenters. The SMILES string of the molecule is Clc1cc2ncn(CC[C@@H]3CO3)c2cc1Cl. The summed E-state index contributed by atoms with van der Waals surface area (Å²) in [5.74, 6) is 0. The molecule has 5 heteroatoms. The molecule has 2 aromatic rings. The van der Waals surface area contributed by atoms with E-state index in [2.05, 4.69) is 9.55 Å². The molecule has 1 aromatic heterocycles. The molecular weight excluding hydrogens is 247 g/mol. The van der Waals surface area contributed by atoms with E-state index in [1.807, 2.05) is 12.4 Å². The van der Waals surface area contributed by atoms with Crippen molar-refractivity contribution in [1.29, 1.82) is 0 Å². The van der Waals surface area contributed by atoms with Crippen molar-refractivity contribution in [2.45, 2.75) is 19.1 Å². The van der Waals surface area contributed by atoms with Gasteiger partial charge in [-0.2, -0.15) is 0 Å². The number of aryl methyl sites for hydroxylation is 1. The lowest BCUT2D eigenvalue weighted by atomic mass is 10.3. The summed E-state index contributed by atoms with van der Waals surface area (Å²) in [7, 11) is 0. The summed E-state index contributed by atoms with van der Waals surface area (Å²) in [6.07, 6.45) is 3.27. The Morgan fingerprint density at radius 2 is 2.12 bits per heavy atom. The highest BCUT2D eigenvalue weighted by Crippen LogP contribution is 2.27. The minimum Gasteiger partial charge on any atom is -0.373 e. The number of epoxide rings is 1. The minimum absolute atomic E-state index is 0.431. The number of benzene rings is 1. The van der Waals surface area contributed by atoms with E-state index in [4.69, 9.17) is 27.9 Å². The fourth-order valence-corrected chi connectivity index (χ4v) is 2.07. The molecule has 0 bridgehead atoms. The van der Waals surface area contributed by atoms with Crippen molar-refractivity contribution >= 4 is 34.2 Å². The number of halogens is 2. The van der Waals surface area contributed by atoms with E-state index in [9.17, 15) is 0 Å². The second-order valence-corrected chi connectivity index (χ2v) is 4.75. The molecule has 0 unspecified atom stereocenters. The largest absolute Gasteiger partial charge is 0.373 e. The van der Waals surface area contributed by atoms with E-state index in [-0.39, 0.29) is 0 Å². The fourth-order valence-electron chi connectivity index (χ4n) is 1.75. The standard InChI is InChI=1S/C11H10Cl2N2O/c12-8-3-10-11(4-9(8)13)15(6-14-10)2-1-7-5-16-7/h3-4,6-7H,1-2,5H2/t7-/m1/s1. The third-order valence-electron chi connectivity index (χ3n) is 2.76. The van der Waals surface area contributed by atoms with Crippen LogP contribution in [0.2, 0.25) is 10.0 Å². The molecule has 1 aliphatic rings. The van der Waals surface area contributed by atoms with Crippen molar-refractivity contribution in [3.8, 4) is 0 Å². The Morgan fingerprint density at radius 1 is 1.38 bits per heavy atom. The summed E-state index contributed by atoms with van der Waals surface area (Å²) >= 11 is 11.9. The topological polar surface area (TPSA) is 30.4 Å². The van der Waals surface area contributed by atoms with Crippen molar-refractivity contribution in [3.05, 3.63) is 28.5 Å². The number of fused-ring (bicyclic) bond motifs is 1. The zero-order chi connectivity index (χ0) is 11.1. The summed E-state index contributed by atoms with van der Waals surface area (Å²) < 4.78 is 7.26. The molecule has 0 spiro atoms. The number of hydrogen-bond acceptors (Lipinski definition) is 2. The van der Waals surface area contributed by atoms with Gasteiger partial charge < -0.3 is 9.30 Å². The van der Waals surface area contributed by atoms with E-state index in [0.717, 1.165) is 30.6 Å². The van der Waals surface area contributed by atoms with Crippen LogP contribution in [0.15, 0.2) is 18.5 Å². The minimum atomic E-state index is 0.431. The molecule has 0 radical (unpaired) electrons. The molecule has 0 N–H and O–H groups in total. The molecule has 1 saturated heterocycles. The number of ether oxygens (including phenoxy) is 1. The first-order valence-corrected chi connectivity index (χ1v) is 5.91. The van der Waals surface area contributed by atoms with Gasteiger partial charge in [-0.05, 0) is 18.6 Å². The smallest absolute Gasteiger partial charge is 0.0958 e. The van der Waals surface area contributed by atoms with Gasteiger partial charge in [-0.15, -0.1) is 0 Å². The van der Waals surface area contributed by atoms with Crippen molar-refractivity contribution in [2.75, 3.05) is 6.61 Å². The van der Waals surface area contributed by atoms with Gasteiger partial charge in [0.1, 0.15) is 0 Å². The fraction of sp³-hybridized carbons (Fsp3) is 0.364. The van der Waals surface area contributed by atoms with E-state index in [1.54, 1.807) is 6.07 Å². The second kappa shape index (κ2) is 3.91. The Hall–Kier alpha value is -0.770. The van der Waals surface area contributed by atoms with Gasteiger partial charge in [0.15, 0.2) is 0 Å². The summed E-state index contributed by atoms with van der Waals surface area (Å²) in [6, 6.07) is 3.66. The highest BCUT2D eigenvalue weighted by molar-refractivity contribution is 6.42. The molecule has 84 valence electrons. The summed E-state index contributed by atoms with van der Waals surface area (Å²) in [5.41, 5.74) is 1.90. The number of nitrogens with zero attached hydrogens (tertiary/aromatic N) is 2. The summed E-state index contributed by atoms with van der Waals surface area (Å²) in [5, 5.41) is 1.11. The molecule has 3 rings (SSSR count). The number of imidazole rings is 1. The molecule has 0 saturated carbocycles. The highest BCUT2D eigenvalue weighted by Gasteiger charge is 2.22. The lowest BCUT2D eigenvalue weighted by Crippen LogP contribution is -1.99. The predicted octanol–water partition coefficient (Wildman–Crippen LogP) is 3.13. The first-order chi connectivity index (χ1) is 7.74. The van der Waals surface area contributed by atoms with E-state index < -0.39 is 0 Å². The average molecular weight is 257 g/mol. The third kappa shape index (κ3) is 1.90. The molecule has 1 fully saturated rings. The monoisotopic (exact) mass is 256 g/mol. The summed E-state index contributed by atoms with van der Waals surface area (Å²) in [6.45, 7) is 1.79. The van der Waals surface area contributed by atoms with Gasteiger partial charge in [-0.3, -0.25) is 0 Å². The lowest BCUT2D eigenvalue weighted by Gasteiger charge is -2.03. The van der Waals surface area contributed by atoms with Crippen LogP contribution in [0.5, 0.6) is 0 Å². The van der Waals surface area contributed by atoms with Crippen LogP contribution in [0.1, 0.15) is 6.42 Å². The van der Waals surface area contributed by atoms with Crippen LogP contribution in [-0.4, -0.2) is 22.3 Å². The van der Waals surface area contributed by atoms with Crippen molar-refractivity contribution < 1.29 is 4.74 Å². The Bertz CT molecular complexity index is 534. The summed E-state index contributed by atoms with van der Waals surface area (Å²) in [4.78, 5) is 4.30. The molecule has 1 aliphatic heterocycles. The zero-order valence-electron chi connectivity index (χ0n) is 8.49. The van der Waals surface area contributed by atoms with Crippen LogP contribution < -0.4 is 0 Å². The lowest BCUT2D eigenvalue weighted by molar-refractivity contribution is 0.386. The zero-order valence-corrected chi connectivity index (χ0v) is 10.0. The van der Waals surface area contributed by atoms with Gasteiger partial charge in [0.2, 0.25) is 0 Å². The third-order valence-corrected chi connectivity index (χ3v) is 3.48. The van der Waals surface area contributed by atoms with Gasteiger partial charge in [-0.1, -0.05) is 23.2 Å². The van der Waals surface area contributed by atoms with Gasteiger partial charge in [0, 0.05) is 6.54 Å². The molecular formula is C11H10Cl2N2O. The Morgan fingerprint density at radius 3 is 2.88 bits per heavy atom. The maximum atomic E-state index is 5.99. The molecule has 0 aliphatic carbocycles. The Kier molecular flexibility index (Phi) is 2.54. The Balaban J connectivity index is 1.94. The molecule has 2 heterocycles. The van der Waals surface area contributed by atoms with Crippen LogP contribution in [0.3, 0.4) is 0 Å². The van der Waals surface area contributed by atoms with Gasteiger partial charge in [0.05, 0.1) is 40.1 Å². The number of rotatable bonds is 3. The van der Waals surface area contributed by atoms with Crippen LogP contribution in [-0.2, 0) is 11.3 Å². The second-order valence-electron chi connectivity index (χ2n) is 3.94. The number of hydrogen-bond donors (Lipinski definition) is 0. The number of aromatic nitrogens is 2. The normalized spacial score (nSPS) is 19.2. The maximum absolute atomic E-state index is 5.99. The van der Waals surface area contributed by atoms with E-state index in [0.29, 0.717) is 16.1 Å². The first-order valence-electron chi connectivity index (χ1n) is 5.15. The maximum Gasteiger partial charge on any atom is 0.0958 e. The van der Waals surface area contributed by atoms with Crippen molar-refractivity contribution in [3.63, 3.8) is 0 Å². The highest BCUT2D eigenvalue weighted by atomic mass is 35.5. The van der Waals surface area contributed by atoms with Crippen LogP contribution in [0.4, 0.5) is 0 Å². The van der Waals surface area contributed by atoms with Crippen LogP contribution >= 0.6 is 23.2 Å². The molecule has 3 nitrogen and oxygen atoms in total. The van der Waals surface area contributed by atoms with Gasteiger partial charge in [-0.25, -0.2) is 4.98 Å². The van der Waals surface area contributed by atoms with E-state index >= 15 is 0 Å². The molecule has 16 heavy (non-hydrogen) atoms. The van der Waals surface area contributed by atoms with Gasteiger partial charge >= 0.3 is 0 Å². The first kappa shape index (κ1) is 10.4. The Labute approximate surface area is 103 Å². The quantitative estimate of drug-likeness (QED) is 0.791. The van der Waals surface area contributed by atoms with Crippen molar-refractivity contribution in [1.82, 2.24) is 9.55 Å². The molecule has 0 amide bonds. The van der Waals surface area contributed by atoms with Gasteiger partial charge in [0.25, 0.3) is 0 Å². The van der Waals surface area contributed by atoms with Crippen LogP contribution in [0, 0.1) is 0 Å². The van der Waals surface area contributed by atoms with Crippen LogP contribution in [0.25, 0.3) is 11.0 Å². The average Bonchev–Trinajstić information content (AvgIpc) is 3.01. The van der Waals surface area contributed by atoms with Crippen molar-refractivity contribution in [2.24, 2.45) is 0 Å². The molecule has 1 aromatic carbocycles.